The van der Waals surface area contributed by atoms with Gasteiger partial charge >= 0.3 is 0 Å². The zero-order chi connectivity index (χ0) is 20.2. The van der Waals surface area contributed by atoms with Gasteiger partial charge in [-0.3, -0.25) is 4.79 Å². The summed E-state index contributed by atoms with van der Waals surface area (Å²) in [7, 11) is 0. The Kier molecular flexibility index (Phi) is 5.68. The number of hydrogen-bond donors (Lipinski definition) is 1. The first-order chi connectivity index (χ1) is 14.1. The quantitative estimate of drug-likeness (QED) is 0.511. The summed E-state index contributed by atoms with van der Waals surface area (Å²) in [6, 6.07) is 9.67. The second-order valence-corrected chi connectivity index (χ2v) is 7.37. The van der Waals surface area contributed by atoms with Gasteiger partial charge in [-0.1, -0.05) is 23.5 Å². The molecule has 1 aliphatic rings. The molecule has 0 atom stereocenters. The van der Waals surface area contributed by atoms with E-state index in [-0.39, 0.29) is 11.7 Å². The lowest BCUT2D eigenvalue weighted by atomic mass is 10.1. The Morgan fingerprint density at radius 3 is 2.86 bits per heavy atom. The second-order valence-electron chi connectivity index (χ2n) is 6.39. The third-order valence-corrected chi connectivity index (χ3v) is 5.61. The summed E-state index contributed by atoms with van der Waals surface area (Å²) in [4.78, 5) is 19.5. The van der Waals surface area contributed by atoms with Gasteiger partial charge in [0, 0.05) is 13.1 Å². The molecule has 0 aliphatic carbocycles. The van der Waals surface area contributed by atoms with Crippen LogP contribution in [0.5, 0.6) is 0 Å². The number of thiazole rings is 1. The SMILES string of the molecule is Cc1nc(N2CCOCC2)sc1C(=O)N/N=C\c1ccc(-c2ccccc2F)o1. The van der Waals surface area contributed by atoms with Crippen LogP contribution < -0.4 is 10.3 Å². The molecule has 1 amide bonds. The minimum atomic E-state index is -0.365. The van der Waals surface area contributed by atoms with Crippen LogP contribution in [0.25, 0.3) is 11.3 Å². The van der Waals surface area contributed by atoms with Crippen molar-refractivity contribution in [3.63, 3.8) is 0 Å². The molecule has 1 aliphatic heterocycles. The van der Waals surface area contributed by atoms with Gasteiger partial charge < -0.3 is 14.1 Å². The molecule has 1 aromatic carbocycles. The summed E-state index contributed by atoms with van der Waals surface area (Å²) >= 11 is 1.33. The molecule has 150 valence electrons. The fourth-order valence-corrected chi connectivity index (χ4v) is 3.92. The number of morpholine rings is 1. The van der Waals surface area contributed by atoms with Crippen molar-refractivity contribution in [2.24, 2.45) is 5.10 Å². The number of hydrogen-bond acceptors (Lipinski definition) is 7. The zero-order valence-corrected chi connectivity index (χ0v) is 16.5. The first-order valence-electron chi connectivity index (χ1n) is 9.10. The van der Waals surface area contributed by atoms with E-state index in [2.05, 4.69) is 20.4 Å². The molecule has 7 nitrogen and oxygen atoms in total. The number of furan rings is 1. The number of benzene rings is 1. The number of aryl methyl sites for hydroxylation is 1. The van der Waals surface area contributed by atoms with Crippen molar-refractivity contribution in [2.45, 2.75) is 6.92 Å². The molecule has 29 heavy (non-hydrogen) atoms. The lowest BCUT2D eigenvalue weighted by Crippen LogP contribution is -2.36. The molecule has 0 bridgehead atoms. The fourth-order valence-electron chi connectivity index (χ4n) is 2.92. The highest BCUT2D eigenvalue weighted by atomic mass is 32.1. The highest BCUT2D eigenvalue weighted by molar-refractivity contribution is 7.17. The maximum Gasteiger partial charge on any atom is 0.283 e. The van der Waals surface area contributed by atoms with E-state index >= 15 is 0 Å². The van der Waals surface area contributed by atoms with Gasteiger partial charge in [0.2, 0.25) is 0 Å². The minimum Gasteiger partial charge on any atom is -0.455 e. The van der Waals surface area contributed by atoms with Crippen LogP contribution in [0, 0.1) is 12.7 Å². The summed E-state index contributed by atoms with van der Waals surface area (Å²) < 4.78 is 24.8. The minimum absolute atomic E-state index is 0.336. The van der Waals surface area contributed by atoms with E-state index in [4.69, 9.17) is 9.15 Å². The highest BCUT2D eigenvalue weighted by Crippen LogP contribution is 2.27. The number of nitrogens with zero attached hydrogens (tertiary/aromatic N) is 3. The van der Waals surface area contributed by atoms with E-state index in [1.165, 1.54) is 23.6 Å². The van der Waals surface area contributed by atoms with Crippen LogP contribution in [-0.2, 0) is 4.74 Å². The smallest absolute Gasteiger partial charge is 0.283 e. The van der Waals surface area contributed by atoms with Crippen LogP contribution >= 0.6 is 11.3 Å². The molecule has 2 aromatic heterocycles. The molecule has 1 N–H and O–H groups in total. The molecular weight excluding hydrogens is 395 g/mol. The number of hydrazone groups is 1. The number of nitrogens with one attached hydrogen (secondary N) is 1. The second kappa shape index (κ2) is 8.54. The maximum absolute atomic E-state index is 13.8. The van der Waals surface area contributed by atoms with Crippen molar-refractivity contribution in [3.05, 3.63) is 58.5 Å². The predicted octanol–water partition coefficient (Wildman–Crippen LogP) is 3.45. The van der Waals surface area contributed by atoms with Crippen LogP contribution in [0.4, 0.5) is 9.52 Å². The standard InChI is InChI=1S/C20H19FN4O3S/c1-13-18(29-20(23-13)25-8-10-27-11-9-25)19(26)24-22-12-14-6-7-17(28-14)15-4-2-3-5-16(15)21/h2-7,12H,8-11H2,1H3,(H,24,26)/b22-12-. The average Bonchev–Trinajstić information content (AvgIpc) is 3.36. The van der Waals surface area contributed by atoms with Crippen LogP contribution in [0.2, 0.25) is 0 Å². The molecule has 0 spiro atoms. The van der Waals surface area contributed by atoms with Gasteiger partial charge in [-0.25, -0.2) is 14.8 Å². The summed E-state index contributed by atoms with van der Waals surface area (Å²) in [5.41, 5.74) is 3.51. The van der Waals surface area contributed by atoms with Gasteiger partial charge in [0.05, 0.1) is 30.7 Å². The Labute approximate surface area is 170 Å². The van der Waals surface area contributed by atoms with Crippen molar-refractivity contribution in [1.82, 2.24) is 10.4 Å². The summed E-state index contributed by atoms with van der Waals surface area (Å²) in [6.45, 7) is 4.63. The zero-order valence-electron chi connectivity index (χ0n) is 15.7. The van der Waals surface area contributed by atoms with E-state index in [1.54, 1.807) is 37.3 Å². The van der Waals surface area contributed by atoms with E-state index in [9.17, 15) is 9.18 Å². The maximum atomic E-state index is 13.8. The van der Waals surface area contributed by atoms with Gasteiger partial charge in [0.25, 0.3) is 5.91 Å². The molecule has 0 saturated carbocycles. The molecule has 9 heteroatoms. The van der Waals surface area contributed by atoms with Gasteiger partial charge in [-0.05, 0) is 31.2 Å². The molecule has 1 fully saturated rings. The van der Waals surface area contributed by atoms with E-state index in [0.29, 0.717) is 40.9 Å². The number of halogens is 1. The third-order valence-electron chi connectivity index (χ3n) is 4.40. The van der Waals surface area contributed by atoms with Crippen LogP contribution in [0.15, 0.2) is 45.9 Å². The number of amides is 1. The van der Waals surface area contributed by atoms with Gasteiger partial charge in [-0.15, -0.1) is 0 Å². The predicted molar refractivity (Wildman–Crippen MR) is 109 cm³/mol. The van der Waals surface area contributed by atoms with Crippen molar-refractivity contribution >= 4 is 28.6 Å². The molecule has 3 aromatic rings. The lowest BCUT2D eigenvalue weighted by molar-refractivity contribution is 0.0958. The van der Waals surface area contributed by atoms with Crippen molar-refractivity contribution in [1.29, 1.82) is 0 Å². The largest absolute Gasteiger partial charge is 0.455 e. The number of carbonyl (C=O) groups excluding carboxylic acids is 1. The summed E-state index contributed by atoms with van der Waals surface area (Å²) in [5.74, 6) is 0.0925. The van der Waals surface area contributed by atoms with Gasteiger partial charge in [0.1, 0.15) is 22.2 Å². The van der Waals surface area contributed by atoms with Gasteiger partial charge in [0.15, 0.2) is 5.13 Å². The molecule has 1 saturated heterocycles. The highest BCUT2D eigenvalue weighted by Gasteiger charge is 2.20. The average molecular weight is 414 g/mol. The van der Waals surface area contributed by atoms with Crippen molar-refractivity contribution < 1.29 is 18.3 Å². The van der Waals surface area contributed by atoms with Crippen molar-refractivity contribution in [3.8, 4) is 11.3 Å². The van der Waals surface area contributed by atoms with E-state index in [1.807, 2.05) is 0 Å². The van der Waals surface area contributed by atoms with Gasteiger partial charge in [-0.2, -0.15) is 5.10 Å². The molecule has 0 radical (unpaired) electrons. The fraction of sp³-hybridized carbons (Fsp3) is 0.250. The Morgan fingerprint density at radius 2 is 2.07 bits per heavy atom. The third kappa shape index (κ3) is 4.36. The first kappa shape index (κ1) is 19.3. The van der Waals surface area contributed by atoms with Crippen LogP contribution in [-0.4, -0.2) is 43.4 Å². The topological polar surface area (TPSA) is 80.0 Å². The van der Waals surface area contributed by atoms with Crippen molar-refractivity contribution in [2.75, 3.05) is 31.2 Å². The lowest BCUT2D eigenvalue weighted by Gasteiger charge is -2.25. The Balaban J connectivity index is 1.40. The number of anilines is 1. The number of rotatable bonds is 5. The monoisotopic (exact) mass is 414 g/mol. The van der Waals surface area contributed by atoms with Crippen LogP contribution in [0.3, 0.4) is 0 Å². The van der Waals surface area contributed by atoms with E-state index in [0.717, 1.165) is 18.2 Å². The first-order valence-corrected chi connectivity index (χ1v) is 9.92. The Bertz CT molecular complexity index is 1040. The number of aromatic nitrogens is 1. The van der Waals surface area contributed by atoms with E-state index < -0.39 is 0 Å². The normalized spacial score (nSPS) is 14.5. The molecule has 4 rings (SSSR count). The molecular formula is C20H19FN4O3S. The van der Waals surface area contributed by atoms with Crippen LogP contribution in [0.1, 0.15) is 21.1 Å². The molecule has 0 unspecified atom stereocenters. The summed E-state index contributed by atoms with van der Waals surface area (Å²) in [6.07, 6.45) is 1.38. The number of ether oxygens (including phenoxy) is 1. The molecule has 3 heterocycles. The Hall–Kier alpha value is -3.04. The Morgan fingerprint density at radius 1 is 1.28 bits per heavy atom. The number of carbonyl (C=O) groups is 1. The summed E-state index contributed by atoms with van der Waals surface area (Å²) in [5, 5.41) is 4.75.